The Labute approximate surface area is 177 Å². The van der Waals surface area contributed by atoms with E-state index in [2.05, 4.69) is 22.0 Å². The first-order valence-electron chi connectivity index (χ1n) is 9.30. The van der Waals surface area contributed by atoms with Crippen molar-refractivity contribution in [2.45, 2.75) is 6.42 Å². The number of rotatable bonds is 4. The van der Waals surface area contributed by atoms with Crippen molar-refractivity contribution in [1.29, 1.82) is 5.41 Å². The summed E-state index contributed by atoms with van der Waals surface area (Å²) in [5.41, 5.74) is 10.1. The molecule has 1 aliphatic heterocycles. The van der Waals surface area contributed by atoms with Crippen molar-refractivity contribution < 1.29 is 9.21 Å². The van der Waals surface area contributed by atoms with Crippen LogP contribution in [0.3, 0.4) is 0 Å². The molecule has 0 bridgehead atoms. The van der Waals surface area contributed by atoms with Gasteiger partial charge in [-0.05, 0) is 63.8 Å². The van der Waals surface area contributed by atoms with Crippen LogP contribution < -0.4 is 5.73 Å². The Morgan fingerprint density at radius 2 is 1.83 bits per heavy atom. The molecule has 3 N–H and O–H groups in total. The van der Waals surface area contributed by atoms with Gasteiger partial charge in [0.2, 0.25) is 0 Å². The molecule has 146 valence electrons. The van der Waals surface area contributed by atoms with Gasteiger partial charge in [-0.1, -0.05) is 36.4 Å². The number of furan rings is 1. The minimum atomic E-state index is 0.0185. The fourth-order valence-corrected chi connectivity index (χ4v) is 3.74. The van der Waals surface area contributed by atoms with Crippen molar-refractivity contribution in [2.75, 3.05) is 13.1 Å². The molecule has 0 aliphatic carbocycles. The molecule has 1 aliphatic rings. The summed E-state index contributed by atoms with van der Waals surface area (Å²) in [5, 5.41) is 7.60. The number of carbonyl (C=O) groups is 1. The van der Waals surface area contributed by atoms with Crippen LogP contribution in [0.15, 0.2) is 75.8 Å². The van der Waals surface area contributed by atoms with Crippen LogP contribution in [0.5, 0.6) is 0 Å². The van der Waals surface area contributed by atoms with Crippen LogP contribution in [-0.2, 0) is 0 Å². The number of carbonyl (C=O) groups excluding carboxylic acids is 1. The van der Waals surface area contributed by atoms with Crippen LogP contribution in [0.1, 0.15) is 27.9 Å². The molecular formula is C23H20BrN3O2. The lowest BCUT2D eigenvalue weighted by atomic mass is 9.97. The maximum Gasteiger partial charge on any atom is 0.254 e. The zero-order chi connectivity index (χ0) is 20.4. The predicted octanol–water partition coefficient (Wildman–Crippen LogP) is 4.92. The van der Waals surface area contributed by atoms with Gasteiger partial charge in [-0.3, -0.25) is 10.2 Å². The van der Waals surface area contributed by atoms with Gasteiger partial charge in [-0.15, -0.1) is 0 Å². The first-order valence-corrected chi connectivity index (χ1v) is 10.1. The minimum absolute atomic E-state index is 0.0185. The van der Waals surface area contributed by atoms with Crippen molar-refractivity contribution in [3.8, 4) is 11.3 Å². The Bertz CT molecular complexity index is 1100. The number of amides is 1. The number of halogens is 1. The van der Waals surface area contributed by atoms with Crippen molar-refractivity contribution in [3.63, 3.8) is 0 Å². The largest absolute Gasteiger partial charge is 0.449 e. The molecular weight excluding hydrogens is 430 g/mol. The smallest absolute Gasteiger partial charge is 0.254 e. The molecule has 0 saturated carbocycles. The number of nitrogens with one attached hydrogen (secondary N) is 1. The fraction of sp³-hybridized carbons (Fsp3) is 0.130. The van der Waals surface area contributed by atoms with E-state index in [0.717, 1.165) is 23.3 Å². The monoisotopic (exact) mass is 449 g/mol. The molecule has 0 unspecified atom stereocenters. The minimum Gasteiger partial charge on any atom is -0.449 e. The highest BCUT2D eigenvalue weighted by Crippen LogP contribution is 2.27. The van der Waals surface area contributed by atoms with Gasteiger partial charge >= 0.3 is 0 Å². The third-order valence-corrected chi connectivity index (χ3v) is 5.46. The molecule has 1 aromatic heterocycles. The van der Waals surface area contributed by atoms with Gasteiger partial charge in [0.25, 0.3) is 5.91 Å². The summed E-state index contributed by atoms with van der Waals surface area (Å²) in [4.78, 5) is 14.7. The molecule has 6 heteroatoms. The van der Waals surface area contributed by atoms with Gasteiger partial charge in [0.1, 0.15) is 11.6 Å². The van der Waals surface area contributed by atoms with Crippen LogP contribution in [0.25, 0.3) is 16.9 Å². The number of amidine groups is 1. The van der Waals surface area contributed by atoms with E-state index in [4.69, 9.17) is 15.6 Å². The van der Waals surface area contributed by atoms with Crippen molar-refractivity contribution in [1.82, 2.24) is 4.90 Å². The second-order valence-electron chi connectivity index (χ2n) is 6.91. The Kier molecular flexibility index (Phi) is 5.36. The Hall–Kier alpha value is -3.12. The Morgan fingerprint density at radius 3 is 2.45 bits per heavy atom. The predicted molar refractivity (Wildman–Crippen MR) is 118 cm³/mol. The van der Waals surface area contributed by atoms with E-state index >= 15 is 0 Å². The lowest BCUT2D eigenvalue weighted by molar-refractivity contribution is 0.0773. The van der Waals surface area contributed by atoms with Crippen molar-refractivity contribution in [3.05, 3.63) is 88.1 Å². The number of nitrogens with two attached hydrogens (primary N) is 1. The summed E-state index contributed by atoms with van der Waals surface area (Å²) in [6.07, 6.45) is 2.85. The third-order valence-electron chi connectivity index (χ3n) is 5.03. The topological polar surface area (TPSA) is 83.3 Å². The molecule has 0 spiro atoms. The molecule has 1 amide bonds. The van der Waals surface area contributed by atoms with E-state index < -0.39 is 0 Å². The standard InChI is InChI=1S/C23H20BrN3O2/c24-21-9-8-20(29-21)16-4-6-17(7-5-16)23(28)27-12-10-15(11-13-27)18-2-1-3-19(14-18)22(25)26/h1-10,14H,11-13H2,(H3,25,26). The Balaban J connectivity index is 1.46. The molecule has 2 aromatic carbocycles. The van der Waals surface area contributed by atoms with Crippen molar-refractivity contribution in [2.24, 2.45) is 5.73 Å². The maximum atomic E-state index is 12.9. The molecule has 4 rings (SSSR count). The second-order valence-corrected chi connectivity index (χ2v) is 7.69. The quantitative estimate of drug-likeness (QED) is 0.437. The first-order chi connectivity index (χ1) is 14.0. The van der Waals surface area contributed by atoms with Gasteiger partial charge in [0.05, 0.1) is 0 Å². The summed E-state index contributed by atoms with van der Waals surface area (Å²) >= 11 is 3.30. The SMILES string of the molecule is N=C(N)c1cccc(C2=CCN(C(=O)c3ccc(-c4ccc(Br)o4)cc3)CC2)c1. The normalized spacial score (nSPS) is 13.8. The molecule has 5 nitrogen and oxygen atoms in total. The highest BCUT2D eigenvalue weighted by molar-refractivity contribution is 9.10. The van der Waals surface area contributed by atoms with Gasteiger partial charge in [-0.25, -0.2) is 0 Å². The van der Waals surface area contributed by atoms with Gasteiger partial charge in [-0.2, -0.15) is 0 Å². The third kappa shape index (κ3) is 4.17. The highest BCUT2D eigenvalue weighted by Gasteiger charge is 2.19. The number of hydrogen-bond acceptors (Lipinski definition) is 3. The van der Waals surface area contributed by atoms with E-state index in [1.807, 2.05) is 65.6 Å². The van der Waals surface area contributed by atoms with Gasteiger partial charge in [0.15, 0.2) is 4.67 Å². The molecule has 0 saturated heterocycles. The number of benzene rings is 2. The van der Waals surface area contributed by atoms with Crippen LogP contribution in [0.2, 0.25) is 0 Å². The first kappa shape index (κ1) is 19.2. The molecule has 0 fully saturated rings. The number of nitrogen functional groups attached to an aromatic ring is 1. The van der Waals surface area contributed by atoms with Crippen LogP contribution in [-0.4, -0.2) is 29.7 Å². The summed E-state index contributed by atoms with van der Waals surface area (Å²) in [5.74, 6) is 0.838. The molecule has 29 heavy (non-hydrogen) atoms. The summed E-state index contributed by atoms with van der Waals surface area (Å²) in [7, 11) is 0. The highest BCUT2D eigenvalue weighted by atomic mass is 79.9. The van der Waals surface area contributed by atoms with E-state index in [0.29, 0.717) is 28.9 Å². The Morgan fingerprint density at radius 1 is 1.03 bits per heavy atom. The average Bonchev–Trinajstić information content (AvgIpc) is 3.20. The lowest BCUT2D eigenvalue weighted by Gasteiger charge is -2.27. The fourth-order valence-electron chi connectivity index (χ4n) is 3.43. The molecule has 3 aromatic rings. The summed E-state index contributed by atoms with van der Waals surface area (Å²) < 4.78 is 6.23. The summed E-state index contributed by atoms with van der Waals surface area (Å²) in [6, 6.07) is 18.9. The average molecular weight is 450 g/mol. The van der Waals surface area contributed by atoms with E-state index in [-0.39, 0.29) is 11.7 Å². The summed E-state index contributed by atoms with van der Waals surface area (Å²) in [6.45, 7) is 1.22. The van der Waals surface area contributed by atoms with Crippen LogP contribution >= 0.6 is 15.9 Å². The molecule has 0 atom stereocenters. The van der Waals surface area contributed by atoms with Crippen LogP contribution in [0, 0.1) is 5.41 Å². The van der Waals surface area contributed by atoms with Gasteiger partial charge < -0.3 is 15.1 Å². The van der Waals surface area contributed by atoms with Gasteiger partial charge in [0, 0.05) is 29.8 Å². The molecule has 2 heterocycles. The van der Waals surface area contributed by atoms with Crippen molar-refractivity contribution >= 4 is 33.2 Å². The van der Waals surface area contributed by atoms with E-state index in [9.17, 15) is 4.79 Å². The lowest BCUT2D eigenvalue weighted by Crippen LogP contribution is -2.34. The zero-order valence-corrected chi connectivity index (χ0v) is 17.3. The second kappa shape index (κ2) is 8.09. The zero-order valence-electron chi connectivity index (χ0n) is 15.7. The van der Waals surface area contributed by atoms with E-state index in [1.165, 1.54) is 5.57 Å². The number of hydrogen-bond donors (Lipinski definition) is 2. The maximum absolute atomic E-state index is 12.9. The van der Waals surface area contributed by atoms with E-state index in [1.54, 1.807) is 0 Å². The number of nitrogens with zero attached hydrogens (tertiary/aromatic N) is 1. The van der Waals surface area contributed by atoms with Crippen LogP contribution in [0.4, 0.5) is 0 Å². The molecule has 0 radical (unpaired) electrons.